The van der Waals surface area contributed by atoms with E-state index in [2.05, 4.69) is 15.6 Å². The van der Waals surface area contributed by atoms with Gasteiger partial charge in [0.15, 0.2) is 5.96 Å². The highest BCUT2D eigenvalue weighted by Gasteiger charge is 2.16. The molecule has 0 saturated heterocycles. The van der Waals surface area contributed by atoms with Crippen LogP contribution in [0.4, 0.5) is 0 Å². The van der Waals surface area contributed by atoms with Crippen LogP contribution in [0.2, 0.25) is 5.02 Å². The SMILES string of the molecule is CCNC(=NCc1ccc(S(=O)(=O)N(C)C)cc1)NCc1ccccc1Cl. The molecular weight excluding hydrogens is 384 g/mol. The third-order valence-corrected chi connectivity index (χ3v) is 6.07. The highest BCUT2D eigenvalue weighted by Crippen LogP contribution is 2.15. The molecule has 0 unspecified atom stereocenters. The van der Waals surface area contributed by atoms with Gasteiger partial charge in [0.25, 0.3) is 0 Å². The molecule has 2 aromatic carbocycles. The van der Waals surface area contributed by atoms with E-state index in [1.54, 1.807) is 24.3 Å². The summed E-state index contributed by atoms with van der Waals surface area (Å²) in [6.45, 7) is 3.72. The van der Waals surface area contributed by atoms with Gasteiger partial charge in [-0.05, 0) is 36.2 Å². The summed E-state index contributed by atoms with van der Waals surface area (Å²) in [5.74, 6) is 0.669. The van der Waals surface area contributed by atoms with Gasteiger partial charge >= 0.3 is 0 Å². The second kappa shape index (κ2) is 9.73. The van der Waals surface area contributed by atoms with E-state index >= 15 is 0 Å². The molecule has 0 fully saturated rings. The lowest BCUT2D eigenvalue weighted by Gasteiger charge is -2.13. The molecule has 0 radical (unpaired) electrons. The molecular formula is C19H25ClN4O2S. The number of sulfonamides is 1. The first kappa shape index (κ1) is 21.2. The standard InChI is InChI=1S/C19H25ClN4O2S/c1-4-21-19(23-14-16-7-5-6-8-18(16)20)22-13-15-9-11-17(12-10-15)27(25,26)24(2)3/h5-12H,4,13-14H2,1-3H3,(H2,21,22,23). The summed E-state index contributed by atoms with van der Waals surface area (Å²) in [6.07, 6.45) is 0. The van der Waals surface area contributed by atoms with Crippen molar-refractivity contribution in [2.24, 2.45) is 4.99 Å². The number of rotatable bonds is 7. The van der Waals surface area contributed by atoms with Crippen molar-refractivity contribution in [3.8, 4) is 0 Å². The molecule has 2 aromatic rings. The smallest absolute Gasteiger partial charge is 0.242 e. The Morgan fingerprint density at radius 3 is 2.33 bits per heavy atom. The summed E-state index contributed by atoms with van der Waals surface area (Å²) in [4.78, 5) is 4.81. The number of hydrogen-bond acceptors (Lipinski definition) is 3. The Labute approximate surface area is 166 Å². The first-order valence-corrected chi connectivity index (χ1v) is 10.4. The van der Waals surface area contributed by atoms with E-state index in [9.17, 15) is 8.42 Å². The van der Waals surface area contributed by atoms with Crippen LogP contribution in [0, 0.1) is 0 Å². The minimum Gasteiger partial charge on any atom is -0.357 e. The first-order valence-electron chi connectivity index (χ1n) is 8.61. The maximum Gasteiger partial charge on any atom is 0.242 e. The van der Waals surface area contributed by atoms with E-state index in [1.165, 1.54) is 18.4 Å². The molecule has 146 valence electrons. The molecule has 6 nitrogen and oxygen atoms in total. The van der Waals surface area contributed by atoms with E-state index < -0.39 is 10.0 Å². The minimum absolute atomic E-state index is 0.268. The van der Waals surface area contributed by atoms with Crippen molar-refractivity contribution >= 4 is 27.6 Å². The molecule has 0 amide bonds. The molecule has 2 rings (SSSR count). The van der Waals surface area contributed by atoms with Gasteiger partial charge in [0.1, 0.15) is 0 Å². The Hall–Kier alpha value is -2.09. The normalized spacial score (nSPS) is 12.3. The van der Waals surface area contributed by atoms with Gasteiger partial charge in [0, 0.05) is 32.2 Å². The summed E-state index contributed by atoms with van der Waals surface area (Å²) in [5.41, 5.74) is 1.91. The van der Waals surface area contributed by atoms with E-state index in [1.807, 2.05) is 31.2 Å². The van der Waals surface area contributed by atoms with Crippen LogP contribution in [-0.4, -0.2) is 39.3 Å². The number of halogens is 1. The summed E-state index contributed by atoms with van der Waals surface area (Å²) in [7, 11) is -0.387. The molecule has 0 atom stereocenters. The topological polar surface area (TPSA) is 73.8 Å². The minimum atomic E-state index is -3.42. The van der Waals surface area contributed by atoms with Gasteiger partial charge in [0.05, 0.1) is 11.4 Å². The number of aliphatic imine (C=N–C) groups is 1. The van der Waals surface area contributed by atoms with E-state index in [0.717, 1.165) is 17.7 Å². The molecule has 0 bridgehead atoms. The van der Waals surface area contributed by atoms with Gasteiger partial charge in [0.2, 0.25) is 10.0 Å². The number of guanidine groups is 1. The highest BCUT2D eigenvalue weighted by molar-refractivity contribution is 7.89. The second-order valence-corrected chi connectivity index (χ2v) is 8.63. The molecule has 0 aromatic heterocycles. The van der Waals surface area contributed by atoms with Crippen LogP contribution in [0.1, 0.15) is 18.1 Å². The molecule has 0 spiro atoms. The lowest BCUT2D eigenvalue weighted by Crippen LogP contribution is -2.36. The van der Waals surface area contributed by atoms with Gasteiger partial charge in [-0.2, -0.15) is 0 Å². The average molecular weight is 409 g/mol. The Morgan fingerprint density at radius 1 is 1.07 bits per heavy atom. The van der Waals surface area contributed by atoms with Crippen molar-refractivity contribution in [3.05, 3.63) is 64.7 Å². The maximum absolute atomic E-state index is 12.1. The first-order chi connectivity index (χ1) is 12.8. The van der Waals surface area contributed by atoms with Crippen LogP contribution < -0.4 is 10.6 Å². The molecule has 2 N–H and O–H groups in total. The van der Waals surface area contributed by atoms with E-state index in [0.29, 0.717) is 24.1 Å². The van der Waals surface area contributed by atoms with Crippen LogP contribution in [0.15, 0.2) is 58.4 Å². The predicted octanol–water partition coefficient (Wildman–Crippen LogP) is 2.85. The fourth-order valence-electron chi connectivity index (χ4n) is 2.31. The number of nitrogens with one attached hydrogen (secondary N) is 2. The lowest BCUT2D eigenvalue weighted by molar-refractivity contribution is 0.520. The molecule has 0 heterocycles. The fraction of sp³-hybridized carbons (Fsp3) is 0.316. The van der Waals surface area contributed by atoms with Crippen molar-refractivity contribution in [1.29, 1.82) is 0 Å². The lowest BCUT2D eigenvalue weighted by atomic mass is 10.2. The molecule has 0 aliphatic carbocycles. The molecule has 0 aliphatic heterocycles. The van der Waals surface area contributed by atoms with Crippen molar-refractivity contribution in [2.75, 3.05) is 20.6 Å². The fourth-order valence-corrected chi connectivity index (χ4v) is 3.41. The largest absolute Gasteiger partial charge is 0.357 e. The number of benzene rings is 2. The summed E-state index contributed by atoms with van der Waals surface area (Å²) in [6, 6.07) is 14.4. The Kier molecular flexibility index (Phi) is 7.65. The van der Waals surface area contributed by atoms with Crippen LogP contribution in [0.25, 0.3) is 0 Å². The molecule has 27 heavy (non-hydrogen) atoms. The molecule has 0 saturated carbocycles. The summed E-state index contributed by atoms with van der Waals surface area (Å²) >= 11 is 6.18. The third kappa shape index (κ3) is 5.95. The summed E-state index contributed by atoms with van der Waals surface area (Å²) < 4.78 is 25.4. The van der Waals surface area contributed by atoms with Gasteiger partial charge in [-0.15, -0.1) is 0 Å². The van der Waals surface area contributed by atoms with Gasteiger partial charge in [-0.3, -0.25) is 0 Å². The predicted molar refractivity (Wildman–Crippen MR) is 110 cm³/mol. The Balaban J connectivity index is 2.05. The van der Waals surface area contributed by atoms with E-state index in [4.69, 9.17) is 11.6 Å². The summed E-state index contributed by atoms with van der Waals surface area (Å²) in [5, 5.41) is 7.14. The van der Waals surface area contributed by atoms with Crippen molar-refractivity contribution in [2.45, 2.75) is 24.9 Å². The molecule has 8 heteroatoms. The van der Waals surface area contributed by atoms with Crippen molar-refractivity contribution < 1.29 is 8.42 Å². The molecule has 0 aliphatic rings. The van der Waals surface area contributed by atoms with Crippen LogP contribution in [0.3, 0.4) is 0 Å². The van der Waals surface area contributed by atoms with Gasteiger partial charge in [-0.25, -0.2) is 17.7 Å². The zero-order chi connectivity index (χ0) is 19.9. The second-order valence-electron chi connectivity index (χ2n) is 6.07. The van der Waals surface area contributed by atoms with Crippen LogP contribution in [-0.2, 0) is 23.1 Å². The Bertz CT molecular complexity index is 881. The average Bonchev–Trinajstić information content (AvgIpc) is 2.65. The zero-order valence-corrected chi connectivity index (χ0v) is 17.3. The number of hydrogen-bond donors (Lipinski definition) is 2. The third-order valence-electron chi connectivity index (χ3n) is 3.87. The van der Waals surface area contributed by atoms with E-state index in [-0.39, 0.29) is 4.90 Å². The maximum atomic E-state index is 12.1. The highest BCUT2D eigenvalue weighted by atomic mass is 35.5. The van der Waals surface area contributed by atoms with Gasteiger partial charge in [-0.1, -0.05) is 41.9 Å². The Morgan fingerprint density at radius 2 is 1.74 bits per heavy atom. The quantitative estimate of drug-likeness (QED) is 0.545. The van der Waals surface area contributed by atoms with Crippen molar-refractivity contribution in [3.63, 3.8) is 0 Å². The van der Waals surface area contributed by atoms with Crippen molar-refractivity contribution in [1.82, 2.24) is 14.9 Å². The van der Waals surface area contributed by atoms with Crippen LogP contribution in [0.5, 0.6) is 0 Å². The van der Waals surface area contributed by atoms with Crippen LogP contribution >= 0.6 is 11.6 Å². The number of nitrogens with zero attached hydrogens (tertiary/aromatic N) is 2. The monoisotopic (exact) mass is 408 g/mol. The van der Waals surface area contributed by atoms with Gasteiger partial charge < -0.3 is 10.6 Å². The zero-order valence-electron chi connectivity index (χ0n) is 15.7.